The summed E-state index contributed by atoms with van der Waals surface area (Å²) in [6, 6.07) is 9.27. The van der Waals surface area contributed by atoms with Gasteiger partial charge in [-0.25, -0.2) is 0 Å². The Morgan fingerprint density at radius 1 is 1.26 bits per heavy atom. The first-order valence-corrected chi connectivity index (χ1v) is 9.01. The average molecular weight is 316 g/mol. The van der Waals surface area contributed by atoms with E-state index in [1.165, 1.54) is 43.2 Å². The molecule has 0 aromatic heterocycles. The quantitative estimate of drug-likeness (QED) is 0.640. The van der Waals surface area contributed by atoms with E-state index in [0.717, 1.165) is 12.2 Å². The highest BCUT2D eigenvalue weighted by atomic mass is 15.1. The largest absolute Gasteiger partial charge is 0.384 e. The predicted octanol–water partition coefficient (Wildman–Crippen LogP) is 3.70. The van der Waals surface area contributed by atoms with Crippen molar-refractivity contribution in [2.24, 2.45) is 5.92 Å². The van der Waals surface area contributed by atoms with Gasteiger partial charge >= 0.3 is 0 Å². The van der Waals surface area contributed by atoms with Crippen LogP contribution in [0.25, 0.3) is 0 Å². The fraction of sp³-hybridized carbons (Fsp3) is 0.600. The summed E-state index contributed by atoms with van der Waals surface area (Å²) in [5.41, 5.74) is 3.70. The van der Waals surface area contributed by atoms with Gasteiger partial charge in [0.25, 0.3) is 0 Å². The van der Waals surface area contributed by atoms with E-state index < -0.39 is 0 Å². The topological polar surface area (TPSA) is 36.1 Å². The van der Waals surface area contributed by atoms with Gasteiger partial charge in [0.1, 0.15) is 0 Å². The summed E-state index contributed by atoms with van der Waals surface area (Å²) in [6.45, 7) is 9.47. The summed E-state index contributed by atoms with van der Waals surface area (Å²) in [7, 11) is 2.03. The lowest BCUT2D eigenvalue weighted by Gasteiger charge is -2.33. The van der Waals surface area contributed by atoms with Gasteiger partial charge in [-0.3, -0.25) is 5.32 Å². The maximum atomic E-state index is 4.26. The molecule has 0 aliphatic heterocycles. The van der Waals surface area contributed by atoms with Crippen LogP contribution in [0.2, 0.25) is 0 Å². The van der Waals surface area contributed by atoms with Crippen molar-refractivity contribution in [2.75, 3.05) is 7.05 Å². The van der Waals surface area contributed by atoms with Crippen LogP contribution in [0, 0.1) is 12.8 Å². The second-order valence-electron chi connectivity index (χ2n) is 6.92. The molecule has 1 fully saturated rings. The Kier molecular flexibility index (Phi) is 7.13. The number of hydrogen-bond donors (Lipinski definition) is 3. The number of nitrogens with one attached hydrogen (secondary N) is 3. The molecule has 1 aliphatic rings. The summed E-state index contributed by atoms with van der Waals surface area (Å²) in [6.07, 6.45) is 6.98. The predicted molar refractivity (Wildman–Crippen MR) is 99.2 cm³/mol. The van der Waals surface area contributed by atoms with Crippen LogP contribution in [0.5, 0.6) is 0 Å². The zero-order chi connectivity index (χ0) is 16.7. The molecule has 0 amide bonds. The third-order valence-corrected chi connectivity index (χ3v) is 4.98. The Hall–Kier alpha value is -1.32. The molecule has 0 heterocycles. The highest BCUT2D eigenvalue weighted by Gasteiger charge is 2.22. The lowest BCUT2D eigenvalue weighted by molar-refractivity contribution is 0.276. The van der Waals surface area contributed by atoms with Gasteiger partial charge < -0.3 is 10.6 Å². The molecule has 2 rings (SSSR count). The van der Waals surface area contributed by atoms with Gasteiger partial charge in [-0.1, -0.05) is 62.6 Å². The standard InChI is InChI=1S/C20H33N3/c1-15-9-8-10-18(13-15)14-22-17(3)16(2)20(21-4)23-19-11-6-5-7-12-19/h8-10,13,16,19-23H,3,5-7,11-12,14H2,1-2,4H3. The second kappa shape index (κ2) is 9.09. The third kappa shape index (κ3) is 5.67. The highest BCUT2D eigenvalue weighted by Crippen LogP contribution is 2.19. The first-order chi connectivity index (χ1) is 11.1. The molecule has 3 N–H and O–H groups in total. The van der Waals surface area contributed by atoms with E-state index in [-0.39, 0.29) is 6.17 Å². The Balaban J connectivity index is 1.83. The lowest BCUT2D eigenvalue weighted by atomic mass is 9.94. The molecule has 0 saturated heterocycles. The minimum Gasteiger partial charge on any atom is -0.384 e. The molecule has 128 valence electrons. The van der Waals surface area contributed by atoms with E-state index >= 15 is 0 Å². The molecular formula is C20H33N3. The number of benzene rings is 1. The smallest absolute Gasteiger partial charge is 0.0653 e. The Labute approximate surface area is 141 Å². The van der Waals surface area contributed by atoms with E-state index in [4.69, 9.17) is 0 Å². The molecule has 0 bridgehead atoms. The highest BCUT2D eigenvalue weighted by molar-refractivity contribution is 5.22. The molecule has 3 heteroatoms. The minimum absolute atomic E-state index is 0.274. The van der Waals surface area contributed by atoms with Gasteiger partial charge in [-0.15, -0.1) is 0 Å². The molecule has 2 atom stereocenters. The van der Waals surface area contributed by atoms with Crippen LogP contribution >= 0.6 is 0 Å². The SMILES string of the molecule is C=C(NCc1cccc(C)c1)C(C)C(NC)NC1CCCCC1. The van der Waals surface area contributed by atoms with Gasteiger partial charge in [0, 0.05) is 24.2 Å². The van der Waals surface area contributed by atoms with Gasteiger partial charge in [0.2, 0.25) is 0 Å². The van der Waals surface area contributed by atoms with Crippen molar-refractivity contribution in [1.29, 1.82) is 0 Å². The van der Waals surface area contributed by atoms with E-state index in [1.807, 2.05) is 7.05 Å². The molecule has 23 heavy (non-hydrogen) atoms. The number of rotatable bonds is 8. The van der Waals surface area contributed by atoms with Gasteiger partial charge in [0.05, 0.1) is 6.17 Å². The summed E-state index contributed by atoms with van der Waals surface area (Å²) in [5.74, 6) is 0.340. The van der Waals surface area contributed by atoms with E-state index in [1.54, 1.807) is 0 Å². The Morgan fingerprint density at radius 3 is 2.65 bits per heavy atom. The fourth-order valence-electron chi connectivity index (χ4n) is 3.40. The number of aryl methyl sites for hydroxylation is 1. The van der Waals surface area contributed by atoms with Crippen LogP contribution in [0.1, 0.15) is 50.2 Å². The molecule has 2 unspecified atom stereocenters. The van der Waals surface area contributed by atoms with E-state index in [2.05, 4.69) is 60.6 Å². The second-order valence-corrected chi connectivity index (χ2v) is 6.92. The minimum atomic E-state index is 0.274. The van der Waals surface area contributed by atoms with Crippen LogP contribution in [0.4, 0.5) is 0 Å². The summed E-state index contributed by atoms with van der Waals surface area (Å²) < 4.78 is 0. The van der Waals surface area contributed by atoms with Crippen molar-refractivity contribution in [1.82, 2.24) is 16.0 Å². The van der Waals surface area contributed by atoms with Crippen LogP contribution < -0.4 is 16.0 Å². The molecule has 3 nitrogen and oxygen atoms in total. The van der Waals surface area contributed by atoms with Crippen molar-refractivity contribution in [2.45, 2.75) is 64.7 Å². The van der Waals surface area contributed by atoms with Crippen molar-refractivity contribution in [3.05, 3.63) is 47.7 Å². The molecule has 0 radical (unpaired) electrons. The molecule has 0 spiro atoms. The zero-order valence-electron chi connectivity index (χ0n) is 15.0. The maximum Gasteiger partial charge on any atom is 0.0653 e. The van der Waals surface area contributed by atoms with Gasteiger partial charge in [-0.2, -0.15) is 0 Å². The van der Waals surface area contributed by atoms with Crippen LogP contribution in [-0.4, -0.2) is 19.3 Å². The first kappa shape index (κ1) is 18.0. The first-order valence-electron chi connectivity index (χ1n) is 9.01. The summed E-state index contributed by atoms with van der Waals surface area (Å²) in [5, 5.41) is 10.7. The average Bonchev–Trinajstić information content (AvgIpc) is 2.58. The monoisotopic (exact) mass is 315 g/mol. The normalized spacial score (nSPS) is 18.4. The van der Waals surface area contributed by atoms with E-state index in [0.29, 0.717) is 12.0 Å². The Morgan fingerprint density at radius 2 is 2.00 bits per heavy atom. The third-order valence-electron chi connectivity index (χ3n) is 4.98. The Bertz CT molecular complexity index is 491. The fourth-order valence-corrected chi connectivity index (χ4v) is 3.40. The molecule has 1 aliphatic carbocycles. The molecule has 1 aromatic rings. The molecule has 1 aromatic carbocycles. The van der Waals surface area contributed by atoms with Crippen LogP contribution in [0.15, 0.2) is 36.5 Å². The zero-order valence-corrected chi connectivity index (χ0v) is 15.0. The van der Waals surface area contributed by atoms with E-state index in [9.17, 15) is 0 Å². The summed E-state index contributed by atoms with van der Waals surface area (Å²) in [4.78, 5) is 0. The van der Waals surface area contributed by atoms with Gasteiger partial charge in [-0.05, 0) is 32.4 Å². The van der Waals surface area contributed by atoms with Crippen molar-refractivity contribution in [3.63, 3.8) is 0 Å². The summed E-state index contributed by atoms with van der Waals surface area (Å²) >= 11 is 0. The van der Waals surface area contributed by atoms with Crippen molar-refractivity contribution in [3.8, 4) is 0 Å². The van der Waals surface area contributed by atoms with Crippen LogP contribution in [-0.2, 0) is 6.54 Å². The lowest BCUT2D eigenvalue weighted by Crippen LogP contribution is -2.51. The number of hydrogen-bond acceptors (Lipinski definition) is 3. The van der Waals surface area contributed by atoms with Crippen molar-refractivity contribution < 1.29 is 0 Å². The van der Waals surface area contributed by atoms with Gasteiger partial charge in [0.15, 0.2) is 0 Å². The molecular weight excluding hydrogens is 282 g/mol. The maximum absolute atomic E-state index is 4.26. The molecule has 1 saturated carbocycles. The van der Waals surface area contributed by atoms with Crippen molar-refractivity contribution >= 4 is 0 Å². The van der Waals surface area contributed by atoms with Crippen LogP contribution in [0.3, 0.4) is 0 Å².